The molecular weight excluding hydrogens is 466 g/mol. The lowest BCUT2D eigenvalue weighted by Gasteiger charge is -2.22. The first kappa shape index (κ1) is 23.3. The van der Waals surface area contributed by atoms with E-state index in [9.17, 15) is 10.1 Å². The molecule has 0 aliphatic carbocycles. The van der Waals surface area contributed by atoms with Crippen LogP contribution in [0, 0.1) is 18.3 Å². The van der Waals surface area contributed by atoms with Gasteiger partial charge in [-0.15, -0.1) is 0 Å². The Labute approximate surface area is 214 Å². The second kappa shape index (κ2) is 10.0. The fraction of sp³-hybridized carbons (Fsp3) is 0.100. The smallest absolute Gasteiger partial charge is 0.256 e. The van der Waals surface area contributed by atoms with Gasteiger partial charge in [-0.1, -0.05) is 77.6 Å². The van der Waals surface area contributed by atoms with Crippen LogP contribution in [0.4, 0.5) is 5.00 Å². The van der Waals surface area contributed by atoms with Crippen molar-refractivity contribution in [1.82, 2.24) is 4.98 Å². The number of allylic oxidation sites excluding steroid dienone is 1. The van der Waals surface area contributed by atoms with E-state index in [-0.39, 0.29) is 12.0 Å². The van der Waals surface area contributed by atoms with Gasteiger partial charge in [0.25, 0.3) is 5.91 Å². The van der Waals surface area contributed by atoms with Crippen molar-refractivity contribution in [2.24, 2.45) is 0 Å². The summed E-state index contributed by atoms with van der Waals surface area (Å²) in [5, 5.41) is 14.2. The summed E-state index contributed by atoms with van der Waals surface area (Å²) in [5.41, 5.74) is 5.44. The summed E-state index contributed by atoms with van der Waals surface area (Å²) in [6.45, 7) is 3.97. The number of nitrogens with zero attached hydrogens (tertiary/aromatic N) is 2. The highest BCUT2D eigenvalue weighted by Gasteiger charge is 2.21. The molecule has 1 unspecified atom stereocenters. The molecule has 0 spiro atoms. The van der Waals surface area contributed by atoms with E-state index >= 15 is 0 Å². The van der Waals surface area contributed by atoms with Gasteiger partial charge in [0, 0.05) is 16.7 Å². The second-order valence-corrected chi connectivity index (χ2v) is 9.49. The van der Waals surface area contributed by atoms with Crippen LogP contribution >= 0.6 is 11.3 Å². The van der Waals surface area contributed by atoms with Crippen molar-refractivity contribution in [2.75, 3.05) is 5.32 Å². The molecule has 0 bridgehead atoms. The molecule has 0 saturated carbocycles. The summed E-state index contributed by atoms with van der Waals surface area (Å²) in [4.78, 5) is 17.7. The number of aromatic nitrogens is 1. The number of aryl methyl sites for hydroxylation is 1. The van der Waals surface area contributed by atoms with E-state index in [0.717, 1.165) is 28.0 Å². The van der Waals surface area contributed by atoms with Gasteiger partial charge in [0.15, 0.2) is 0 Å². The molecule has 5 nitrogen and oxygen atoms in total. The second-order valence-electron chi connectivity index (χ2n) is 8.49. The largest absolute Gasteiger partial charge is 0.485 e. The van der Waals surface area contributed by atoms with Crippen LogP contribution in [0.5, 0.6) is 5.75 Å². The van der Waals surface area contributed by atoms with Gasteiger partial charge in [0.1, 0.15) is 33.6 Å². The van der Waals surface area contributed by atoms with Crippen LogP contribution in [0.25, 0.3) is 22.9 Å². The minimum Gasteiger partial charge on any atom is -0.485 e. The van der Waals surface area contributed by atoms with Gasteiger partial charge in [-0.3, -0.25) is 4.79 Å². The predicted molar refractivity (Wildman–Crippen MR) is 145 cm³/mol. The molecule has 0 saturated heterocycles. The van der Waals surface area contributed by atoms with Crippen LogP contribution in [0.15, 0.2) is 90.5 Å². The average Bonchev–Trinajstić information content (AvgIpc) is 3.31. The zero-order chi connectivity index (χ0) is 25.1. The van der Waals surface area contributed by atoms with Crippen molar-refractivity contribution in [3.05, 3.63) is 112 Å². The third-order valence-corrected chi connectivity index (χ3v) is 6.90. The van der Waals surface area contributed by atoms with Gasteiger partial charge in [-0.25, -0.2) is 4.98 Å². The van der Waals surface area contributed by atoms with Crippen molar-refractivity contribution in [3.8, 4) is 23.1 Å². The summed E-state index contributed by atoms with van der Waals surface area (Å²) < 4.78 is 6.04. The van der Waals surface area contributed by atoms with Crippen LogP contribution in [-0.4, -0.2) is 17.0 Å². The summed E-state index contributed by atoms with van der Waals surface area (Å²) in [7, 11) is 0. The zero-order valence-corrected chi connectivity index (χ0v) is 20.7. The van der Waals surface area contributed by atoms with Crippen LogP contribution in [0.3, 0.4) is 0 Å². The van der Waals surface area contributed by atoms with Crippen molar-refractivity contribution >= 4 is 33.9 Å². The number of benzene rings is 3. The molecule has 1 aliphatic heterocycles. The summed E-state index contributed by atoms with van der Waals surface area (Å²) in [6, 6.07) is 27.1. The highest BCUT2D eigenvalue weighted by Crippen LogP contribution is 2.38. The Balaban J connectivity index is 1.55. The normalized spacial score (nSPS) is 14.8. The van der Waals surface area contributed by atoms with Crippen molar-refractivity contribution < 1.29 is 9.53 Å². The van der Waals surface area contributed by atoms with Crippen molar-refractivity contribution in [3.63, 3.8) is 0 Å². The molecule has 36 heavy (non-hydrogen) atoms. The van der Waals surface area contributed by atoms with Gasteiger partial charge in [0.05, 0.1) is 5.57 Å². The Kier molecular flexibility index (Phi) is 6.48. The first-order valence-corrected chi connectivity index (χ1v) is 12.4. The predicted octanol–water partition coefficient (Wildman–Crippen LogP) is 7.14. The Bertz CT molecular complexity index is 1530. The fourth-order valence-electron chi connectivity index (χ4n) is 3.92. The summed E-state index contributed by atoms with van der Waals surface area (Å²) in [6.07, 6.45) is 3.64. The first-order valence-electron chi connectivity index (χ1n) is 11.6. The third kappa shape index (κ3) is 4.83. The van der Waals surface area contributed by atoms with E-state index in [1.807, 2.05) is 92.7 Å². The Morgan fingerprint density at radius 2 is 1.78 bits per heavy atom. The minimum absolute atomic E-state index is 0.211. The standard InChI is InChI=1S/C30H23N3O2S/c1-19-12-14-21(15-13-19)27-30(33-28(34)22-8-4-3-5-9-22)36-29(32-27)25(18-31)17-24-16-23-10-6-7-11-26(23)35-20(24)2/h3-17,20H,1-2H3,(H,33,34)/b25-17+. The topological polar surface area (TPSA) is 75.0 Å². The number of rotatable bonds is 5. The zero-order valence-electron chi connectivity index (χ0n) is 19.9. The number of carbonyl (C=O) groups excluding carboxylic acids is 1. The Morgan fingerprint density at radius 1 is 1.06 bits per heavy atom. The molecule has 1 aromatic heterocycles. The maximum atomic E-state index is 12.9. The summed E-state index contributed by atoms with van der Waals surface area (Å²) in [5.74, 6) is 0.595. The summed E-state index contributed by atoms with van der Waals surface area (Å²) >= 11 is 1.29. The van der Waals surface area contributed by atoms with Crippen molar-refractivity contribution in [2.45, 2.75) is 20.0 Å². The average molecular weight is 490 g/mol. The monoisotopic (exact) mass is 489 g/mol. The van der Waals surface area contributed by atoms with E-state index in [1.54, 1.807) is 12.1 Å². The molecule has 4 aromatic rings. The van der Waals surface area contributed by atoms with E-state index in [1.165, 1.54) is 11.3 Å². The lowest BCUT2D eigenvalue weighted by Crippen LogP contribution is -2.17. The number of nitriles is 1. The number of para-hydroxylation sites is 1. The number of hydrogen-bond acceptors (Lipinski definition) is 5. The number of thiazole rings is 1. The van der Waals surface area contributed by atoms with Gasteiger partial charge >= 0.3 is 0 Å². The SMILES string of the molecule is Cc1ccc(-c2nc(/C(C#N)=C/C3=Cc4ccccc4OC3C)sc2NC(=O)c2ccccc2)cc1. The van der Waals surface area contributed by atoms with Gasteiger partial charge in [-0.2, -0.15) is 5.26 Å². The fourth-order valence-corrected chi connectivity index (χ4v) is 4.87. The molecule has 1 N–H and O–H groups in total. The van der Waals surface area contributed by atoms with Gasteiger partial charge in [0.2, 0.25) is 0 Å². The molecule has 1 amide bonds. The van der Waals surface area contributed by atoms with E-state index in [2.05, 4.69) is 11.4 Å². The van der Waals surface area contributed by atoms with Crippen LogP contribution in [0.1, 0.15) is 33.4 Å². The number of carbonyl (C=O) groups is 1. The lowest BCUT2D eigenvalue weighted by molar-refractivity contribution is 0.102. The lowest BCUT2D eigenvalue weighted by atomic mass is 10.0. The molecule has 176 valence electrons. The third-order valence-electron chi connectivity index (χ3n) is 5.89. The van der Waals surface area contributed by atoms with E-state index < -0.39 is 0 Å². The Hall–Kier alpha value is -4.47. The molecule has 0 fully saturated rings. The maximum Gasteiger partial charge on any atom is 0.256 e. The van der Waals surface area contributed by atoms with E-state index in [4.69, 9.17) is 9.72 Å². The molecule has 5 rings (SSSR count). The maximum absolute atomic E-state index is 12.9. The number of nitrogens with one attached hydrogen (secondary N) is 1. The highest BCUT2D eigenvalue weighted by atomic mass is 32.1. The highest BCUT2D eigenvalue weighted by molar-refractivity contribution is 7.17. The first-order chi connectivity index (χ1) is 17.5. The molecule has 0 radical (unpaired) electrons. The quantitative estimate of drug-likeness (QED) is 0.302. The molecule has 3 aromatic carbocycles. The molecule has 1 atom stereocenters. The van der Waals surface area contributed by atoms with Crippen molar-refractivity contribution in [1.29, 1.82) is 5.26 Å². The molecular formula is C30H23N3O2S. The van der Waals surface area contributed by atoms with Crippen LogP contribution in [0.2, 0.25) is 0 Å². The number of amides is 1. The number of fused-ring (bicyclic) bond motifs is 1. The van der Waals surface area contributed by atoms with E-state index in [0.29, 0.717) is 26.8 Å². The number of ether oxygens (including phenoxy) is 1. The molecule has 2 heterocycles. The molecule has 6 heteroatoms. The van der Waals surface area contributed by atoms with Crippen LogP contribution in [-0.2, 0) is 0 Å². The van der Waals surface area contributed by atoms with Crippen LogP contribution < -0.4 is 10.1 Å². The number of hydrogen-bond donors (Lipinski definition) is 1. The van der Waals surface area contributed by atoms with Gasteiger partial charge in [-0.05, 0) is 49.8 Å². The molecule has 1 aliphatic rings. The van der Waals surface area contributed by atoms with Gasteiger partial charge < -0.3 is 10.1 Å². The Morgan fingerprint density at radius 3 is 2.53 bits per heavy atom. The number of anilines is 1. The minimum atomic E-state index is -0.227.